The topological polar surface area (TPSA) is 30.0 Å². The number of aromatic nitrogens is 1. The van der Waals surface area contributed by atoms with Gasteiger partial charge >= 0.3 is 0 Å². The summed E-state index contributed by atoms with van der Waals surface area (Å²) in [5, 5.41) is 0. The summed E-state index contributed by atoms with van der Waals surface area (Å²) in [6, 6.07) is 14.2. The maximum atomic E-state index is 10.9. The Hall–Kier alpha value is -1.96. The van der Waals surface area contributed by atoms with E-state index in [0.717, 1.165) is 17.7 Å². The van der Waals surface area contributed by atoms with Crippen LogP contribution in [-0.2, 0) is 11.2 Å². The third-order valence-corrected chi connectivity index (χ3v) is 2.66. The standard InChI is InChI=1S/C15H15NO/c1-12(17)7-8-15-11-14(9-10-16-15)13-5-3-2-4-6-13/h2-6,9-11H,7-8H2,1H3. The van der Waals surface area contributed by atoms with Crippen LogP contribution < -0.4 is 0 Å². The Morgan fingerprint density at radius 1 is 1.12 bits per heavy atom. The van der Waals surface area contributed by atoms with Crippen molar-refractivity contribution < 1.29 is 4.79 Å². The van der Waals surface area contributed by atoms with E-state index in [9.17, 15) is 4.79 Å². The van der Waals surface area contributed by atoms with E-state index in [0.29, 0.717) is 6.42 Å². The van der Waals surface area contributed by atoms with Gasteiger partial charge in [-0.15, -0.1) is 0 Å². The molecule has 2 aromatic rings. The molecule has 0 aliphatic carbocycles. The molecular weight excluding hydrogens is 210 g/mol. The lowest BCUT2D eigenvalue weighted by Crippen LogP contribution is -1.96. The van der Waals surface area contributed by atoms with Gasteiger partial charge in [0, 0.05) is 18.3 Å². The van der Waals surface area contributed by atoms with Gasteiger partial charge in [-0.1, -0.05) is 30.3 Å². The monoisotopic (exact) mass is 225 g/mol. The molecule has 0 amide bonds. The van der Waals surface area contributed by atoms with Crippen LogP contribution in [0.15, 0.2) is 48.7 Å². The number of aryl methyl sites for hydroxylation is 1. The van der Waals surface area contributed by atoms with Crippen molar-refractivity contribution in [2.75, 3.05) is 0 Å². The predicted molar refractivity (Wildman–Crippen MR) is 68.7 cm³/mol. The molecule has 1 aromatic carbocycles. The highest BCUT2D eigenvalue weighted by atomic mass is 16.1. The largest absolute Gasteiger partial charge is 0.300 e. The van der Waals surface area contributed by atoms with Gasteiger partial charge in [0.05, 0.1) is 0 Å². The summed E-state index contributed by atoms with van der Waals surface area (Å²) in [5.74, 6) is 0.205. The first-order valence-corrected chi connectivity index (χ1v) is 5.75. The van der Waals surface area contributed by atoms with Gasteiger partial charge in [0.1, 0.15) is 5.78 Å². The van der Waals surface area contributed by atoms with Crippen LogP contribution >= 0.6 is 0 Å². The zero-order chi connectivity index (χ0) is 12.1. The number of Topliss-reactive ketones (excluding diaryl/α,β-unsaturated/α-hetero) is 1. The maximum absolute atomic E-state index is 10.9. The van der Waals surface area contributed by atoms with E-state index in [-0.39, 0.29) is 5.78 Å². The Morgan fingerprint density at radius 3 is 2.59 bits per heavy atom. The number of pyridine rings is 1. The zero-order valence-electron chi connectivity index (χ0n) is 9.89. The number of rotatable bonds is 4. The highest BCUT2D eigenvalue weighted by Gasteiger charge is 2.01. The second-order valence-corrected chi connectivity index (χ2v) is 4.10. The number of ketones is 1. The van der Waals surface area contributed by atoms with Crippen LogP contribution in [0.4, 0.5) is 0 Å². The summed E-state index contributed by atoms with van der Waals surface area (Å²) < 4.78 is 0. The van der Waals surface area contributed by atoms with Crippen LogP contribution in [0.2, 0.25) is 0 Å². The third kappa shape index (κ3) is 3.25. The number of nitrogens with zero attached hydrogens (tertiary/aromatic N) is 1. The van der Waals surface area contributed by atoms with Crippen molar-refractivity contribution in [2.45, 2.75) is 19.8 Å². The van der Waals surface area contributed by atoms with Gasteiger partial charge in [-0.25, -0.2) is 0 Å². The molecule has 0 N–H and O–H groups in total. The van der Waals surface area contributed by atoms with Gasteiger partial charge in [-0.05, 0) is 36.6 Å². The van der Waals surface area contributed by atoms with Crippen molar-refractivity contribution >= 4 is 5.78 Å². The molecule has 0 unspecified atom stereocenters. The van der Waals surface area contributed by atoms with Gasteiger partial charge in [0.25, 0.3) is 0 Å². The van der Waals surface area contributed by atoms with Crippen molar-refractivity contribution in [3.8, 4) is 11.1 Å². The molecule has 2 nitrogen and oxygen atoms in total. The minimum Gasteiger partial charge on any atom is -0.300 e. The first-order chi connectivity index (χ1) is 8.25. The number of carbonyl (C=O) groups is 1. The van der Waals surface area contributed by atoms with Crippen LogP contribution in [0.25, 0.3) is 11.1 Å². The lowest BCUT2D eigenvalue weighted by atomic mass is 10.0. The Bertz CT molecular complexity index is 505. The van der Waals surface area contributed by atoms with Crippen molar-refractivity contribution in [1.82, 2.24) is 4.98 Å². The SMILES string of the molecule is CC(=O)CCc1cc(-c2ccccc2)ccn1. The van der Waals surface area contributed by atoms with E-state index in [4.69, 9.17) is 0 Å². The number of benzene rings is 1. The first-order valence-electron chi connectivity index (χ1n) is 5.75. The molecule has 0 aliphatic heterocycles. The fourth-order valence-electron chi connectivity index (χ4n) is 1.73. The summed E-state index contributed by atoms with van der Waals surface area (Å²) in [5.41, 5.74) is 3.31. The fraction of sp³-hybridized carbons (Fsp3) is 0.200. The van der Waals surface area contributed by atoms with Crippen molar-refractivity contribution in [3.05, 3.63) is 54.4 Å². The summed E-state index contributed by atoms with van der Waals surface area (Å²) >= 11 is 0. The van der Waals surface area contributed by atoms with E-state index in [1.807, 2.05) is 24.3 Å². The second-order valence-electron chi connectivity index (χ2n) is 4.10. The van der Waals surface area contributed by atoms with E-state index < -0.39 is 0 Å². The molecule has 0 saturated heterocycles. The second kappa shape index (κ2) is 5.39. The predicted octanol–water partition coefficient (Wildman–Crippen LogP) is 3.27. The maximum Gasteiger partial charge on any atom is 0.130 e. The van der Waals surface area contributed by atoms with E-state index in [1.165, 1.54) is 5.56 Å². The summed E-state index contributed by atoms with van der Waals surface area (Å²) in [6.45, 7) is 1.61. The molecule has 2 rings (SSSR count). The molecule has 0 saturated carbocycles. The first kappa shape index (κ1) is 11.5. The van der Waals surface area contributed by atoms with Crippen LogP contribution in [0.5, 0.6) is 0 Å². The molecule has 0 spiro atoms. The third-order valence-electron chi connectivity index (χ3n) is 2.66. The van der Waals surface area contributed by atoms with Crippen LogP contribution in [0.3, 0.4) is 0 Å². The Labute approximate surface area is 101 Å². The van der Waals surface area contributed by atoms with Crippen molar-refractivity contribution in [2.24, 2.45) is 0 Å². The molecule has 17 heavy (non-hydrogen) atoms. The Kier molecular flexibility index (Phi) is 3.66. The molecule has 86 valence electrons. The smallest absolute Gasteiger partial charge is 0.130 e. The molecule has 1 aromatic heterocycles. The van der Waals surface area contributed by atoms with E-state index in [1.54, 1.807) is 13.1 Å². The van der Waals surface area contributed by atoms with E-state index >= 15 is 0 Å². The fourth-order valence-corrected chi connectivity index (χ4v) is 1.73. The highest BCUT2D eigenvalue weighted by Crippen LogP contribution is 2.19. The highest BCUT2D eigenvalue weighted by molar-refractivity contribution is 5.75. The van der Waals surface area contributed by atoms with Gasteiger partial charge in [0.2, 0.25) is 0 Å². The Morgan fingerprint density at radius 2 is 1.88 bits per heavy atom. The quantitative estimate of drug-likeness (QED) is 0.799. The van der Waals surface area contributed by atoms with Gasteiger partial charge in [-0.3, -0.25) is 4.98 Å². The number of carbonyl (C=O) groups excluding carboxylic acids is 1. The summed E-state index contributed by atoms with van der Waals surface area (Å²) in [6.07, 6.45) is 3.08. The molecule has 0 atom stereocenters. The number of hydrogen-bond donors (Lipinski definition) is 0. The molecule has 0 radical (unpaired) electrons. The summed E-state index contributed by atoms with van der Waals surface area (Å²) in [7, 11) is 0. The van der Waals surface area contributed by atoms with Crippen LogP contribution in [-0.4, -0.2) is 10.8 Å². The molecule has 0 aliphatic rings. The van der Waals surface area contributed by atoms with Crippen molar-refractivity contribution in [3.63, 3.8) is 0 Å². The zero-order valence-corrected chi connectivity index (χ0v) is 9.89. The van der Waals surface area contributed by atoms with E-state index in [2.05, 4.69) is 23.2 Å². The van der Waals surface area contributed by atoms with Gasteiger partial charge in [-0.2, -0.15) is 0 Å². The molecule has 0 bridgehead atoms. The number of hydrogen-bond acceptors (Lipinski definition) is 2. The Balaban J connectivity index is 2.20. The van der Waals surface area contributed by atoms with Crippen LogP contribution in [0, 0.1) is 0 Å². The normalized spacial score (nSPS) is 10.2. The molecule has 0 fully saturated rings. The van der Waals surface area contributed by atoms with Crippen LogP contribution in [0.1, 0.15) is 19.0 Å². The minimum atomic E-state index is 0.205. The minimum absolute atomic E-state index is 0.205. The summed E-state index contributed by atoms with van der Waals surface area (Å²) in [4.78, 5) is 15.2. The van der Waals surface area contributed by atoms with Gasteiger partial charge in [0.15, 0.2) is 0 Å². The average Bonchev–Trinajstić information content (AvgIpc) is 2.38. The lowest BCUT2D eigenvalue weighted by molar-refractivity contribution is -0.116. The lowest BCUT2D eigenvalue weighted by Gasteiger charge is -2.04. The van der Waals surface area contributed by atoms with Gasteiger partial charge < -0.3 is 4.79 Å². The molecule has 2 heteroatoms. The molecule has 1 heterocycles. The molecular formula is C15H15NO. The van der Waals surface area contributed by atoms with Crippen molar-refractivity contribution in [1.29, 1.82) is 0 Å². The average molecular weight is 225 g/mol.